The van der Waals surface area contributed by atoms with Crippen LogP contribution in [-0.4, -0.2) is 16.8 Å². The van der Waals surface area contributed by atoms with E-state index in [0.717, 1.165) is 16.8 Å². The van der Waals surface area contributed by atoms with Crippen molar-refractivity contribution in [1.29, 1.82) is 0 Å². The Hall–Kier alpha value is -0.990. The summed E-state index contributed by atoms with van der Waals surface area (Å²) < 4.78 is 0. The Morgan fingerprint density at radius 1 is 1.37 bits per heavy atom. The van der Waals surface area contributed by atoms with Gasteiger partial charge in [-0.2, -0.15) is 0 Å². The highest BCUT2D eigenvalue weighted by atomic mass is 35.5. The molecule has 0 saturated heterocycles. The summed E-state index contributed by atoms with van der Waals surface area (Å²) in [7, 11) is 0. The van der Waals surface area contributed by atoms with Crippen molar-refractivity contribution in [2.75, 3.05) is 4.90 Å². The Labute approximate surface area is 124 Å². The maximum atomic E-state index is 12.4. The van der Waals surface area contributed by atoms with Crippen LogP contribution in [0.1, 0.15) is 33.3 Å². The number of hydrogen-bond acceptors (Lipinski definition) is 1. The predicted molar refractivity (Wildman–Crippen MR) is 82.0 cm³/mol. The third-order valence-corrected chi connectivity index (χ3v) is 3.75. The van der Waals surface area contributed by atoms with Crippen LogP contribution >= 0.6 is 23.2 Å². The standard InChI is InChI=1S/C15H17Cl2NO/c1-9-8-15(3,4)18(14(19)10(2)16)13-7-11(17)5-6-12(9)13/h5-8,10H,1-4H3/t10-/m0/s1. The van der Waals surface area contributed by atoms with E-state index in [0.29, 0.717) is 5.02 Å². The number of anilines is 1. The van der Waals surface area contributed by atoms with Gasteiger partial charge < -0.3 is 4.90 Å². The quantitative estimate of drug-likeness (QED) is 0.699. The highest BCUT2D eigenvalue weighted by Gasteiger charge is 2.37. The second-order valence-corrected chi connectivity index (χ2v) is 6.52. The maximum absolute atomic E-state index is 12.4. The number of nitrogens with zero attached hydrogens (tertiary/aromatic N) is 1. The molecule has 2 nitrogen and oxygen atoms in total. The normalized spacial score (nSPS) is 18.6. The summed E-state index contributed by atoms with van der Waals surface area (Å²) in [5.74, 6) is -0.112. The zero-order chi connectivity index (χ0) is 14.4. The van der Waals surface area contributed by atoms with Crippen LogP contribution in [0.2, 0.25) is 5.02 Å². The minimum absolute atomic E-state index is 0.112. The zero-order valence-electron chi connectivity index (χ0n) is 11.5. The van der Waals surface area contributed by atoms with E-state index in [1.807, 2.05) is 39.0 Å². The molecule has 0 N–H and O–H groups in total. The van der Waals surface area contributed by atoms with Crippen LogP contribution in [0, 0.1) is 0 Å². The van der Waals surface area contributed by atoms with Crippen LogP contribution in [0.5, 0.6) is 0 Å². The lowest BCUT2D eigenvalue weighted by Crippen LogP contribution is -2.51. The average Bonchev–Trinajstić information content (AvgIpc) is 2.26. The van der Waals surface area contributed by atoms with Crippen LogP contribution in [0.25, 0.3) is 5.57 Å². The summed E-state index contributed by atoms with van der Waals surface area (Å²) in [4.78, 5) is 14.2. The molecule has 102 valence electrons. The number of alkyl halides is 1. The average molecular weight is 298 g/mol. The van der Waals surface area contributed by atoms with Crippen LogP contribution in [0.3, 0.4) is 0 Å². The first-order valence-corrected chi connectivity index (χ1v) is 7.03. The highest BCUT2D eigenvalue weighted by molar-refractivity contribution is 6.33. The molecule has 2 rings (SSSR count). The van der Waals surface area contributed by atoms with Crippen molar-refractivity contribution in [2.24, 2.45) is 0 Å². The van der Waals surface area contributed by atoms with Gasteiger partial charge in [0.2, 0.25) is 5.91 Å². The molecule has 19 heavy (non-hydrogen) atoms. The third-order valence-electron chi connectivity index (χ3n) is 3.33. The largest absolute Gasteiger partial charge is 0.301 e. The molecule has 1 aromatic rings. The minimum atomic E-state index is -0.571. The van der Waals surface area contributed by atoms with Gasteiger partial charge in [-0.25, -0.2) is 0 Å². The van der Waals surface area contributed by atoms with E-state index in [1.165, 1.54) is 0 Å². The Morgan fingerprint density at radius 2 is 2.00 bits per heavy atom. The summed E-state index contributed by atoms with van der Waals surface area (Å²) in [6, 6.07) is 5.60. The fourth-order valence-corrected chi connectivity index (χ4v) is 2.85. The first-order chi connectivity index (χ1) is 8.74. The summed E-state index contributed by atoms with van der Waals surface area (Å²) in [6.45, 7) is 7.73. The van der Waals surface area contributed by atoms with Crippen molar-refractivity contribution in [3.63, 3.8) is 0 Å². The van der Waals surface area contributed by atoms with E-state index in [4.69, 9.17) is 23.2 Å². The van der Waals surface area contributed by atoms with Gasteiger partial charge in [-0.3, -0.25) is 4.79 Å². The first kappa shape index (κ1) is 14.4. The number of hydrogen-bond donors (Lipinski definition) is 0. The molecule has 4 heteroatoms. The monoisotopic (exact) mass is 297 g/mol. The molecule has 0 unspecified atom stereocenters. The van der Waals surface area contributed by atoms with Gasteiger partial charge in [-0.1, -0.05) is 23.7 Å². The molecular weight excluding hydrogens is 281 g/mol. The maximum Gasteiger partial charge on any atom is 0.245 e. The predicted octanol–water partition coefficient (Wildman–Crippen LogP) is 4.50. The lowest BCUT2D eigenvalue weighted by atomic mass is 9.88. The first-order valence-electron chi connectivity index (χ1n) is 6.21. The summed E-state index contributed by atoms with van der Waals surface area (Å²) >= 11 is 12.1. The van der Waals surface area contributed by atoms with Crippen molar-refractivity contribution in [2.45, 2.75) is 38.6 Å². The number of carbonyl (C=O) groups excluding carboxylic acids is 1. The van der Waals surface area contributed by atoms with Gasteiger partial charge in [0.1, 0.15) is 5.38 Å². The van der Waals surface area contributed by atoms with Crippen LogP contribution in [0.15, 0.2) is 24.3 Å². The molecule has 0 radical (unpaired) electrons. The minimum Gasteiger partial charge on any atom is -0.301 e. The molecule has 0 spiro atoms. The molecule has 0 aliphatic carbocycles. The van der Waals surface area contributed by atoms with Crippen LogP contribution in [0.4, 0.5) is 5.69 Å². The molecular formula is C15H17Cl2NO. The van der Waals surface area contributed by atoms with Crippen molar-refractivity contribution >= 4 is 40.4 Å². The summed E-state index contributed by atoms with van der Waals surface area (Å²) in [6.07, 6.45) is 2.08. The smallest absolute Gasteiger partial charge is 0.245 e. The zero-order valence-corrected chi connectivity index (χ0v) is 13.0. The molecule has 0 bridgehead atoms. The number of halogens is 2. The molecule has 0 saturated carbocycles. The molecule has 1 amide bonds. The van der Waals surface area contributed by atoms with E-state index < -0.39 is 10.9 Å². The molecule has 1 aliphatic rings. The van der Waals surface area contributed by atoms with Gasteiger partial charge in [-0.15, -0.1) is 11.6 Å². The second kappa shape index (κ2) is 4.84. The molecule has 0 aromatic heterocycles. The lowest BCUT2D eigenvalue weighted by Gasteiger charge is -2.42. The Kier molecular flexibility index (Phi) is 3.67. The SMILES string of the molecule is CC1=CC(C)(C)N(C(=O)[C@H](C)Cl)c2cc(Cl)ccc21. The van der Waals surface area contributed by atoms with E-state index >= 15 is 0 Å². The number of rotatable bonds is 1. The fraction of sp³-hybridized carbons (Fsp3) is 0.400. The lowest BCUT2D eigenvalue weighted by molar-refractivity contribution is -0.118. The topological polar surface area (TPSA) is 20.3 Å². The van der Waals surface area contributed by atoms with Gasteiger partial charge in [0, 0.05) is 10.6 Å². The van der Waals surface area contributed by atoms with Gasteiger partial charge in [0.15, 0.2) is 0 Å². The van der Waals surface area contributed by atoms with E-state index in [2.05, 4.69) is 6.08 Å². The number of carbonyl (C=O) groups is 1. The molecule has 1 aromatic carbocycles. The van der Waals surface area contributed by atoms with Crippen molar-refractivity contribution in [1.82, 2.24) is 0 Å². The number of amides is 1. The summed E-state index contributed by atoms with van der Waals surface area (Å²) in [5, 5.41) is 0.0437. The fourth-order valence-electron chi connectivity index (χ4n) is 2.59. The number of benzene rings is 1. The van der Waals surface area contributed by atoms with E-state index in [1.54, 1.807) is 11.8 Å². The molecule has 1 atom stereocenters. The van der Waals surface area contributed by atoms with Crippen molar-refractivity contribution < 1.29 is 4.79 Å². The van der Waals surface area contributed by atoms with Crippen molar-refractivity contribution in [3.8, 4) is 0 Å². The van der Waals surface area contributed by atoms with Gasteiger partial charge in [0.05, 0.1) is 11.2 Å². The summed E-state index contributed by atoms with van der Waals surface area (Å²) in [5.41, 5.74) is 2.58. The Morgan fingerprint density at radius 3 is 2.58 bits per heavy atom. The van der Waals surface area contributed by atoms with E-state index in [-0.39, 0.29) is 5.91 Å². The number of fused-ring (bicyclic) bond motifs is 1. The second-order valence-electron chi connectivity index (χ2n) is 5.43. The van der Waals surface area contributed by atoms with Crippen molar-refractivity contribution in [3.05, 3.63) is 34.9 Å². The van der Waals surface area contributed by atoms with Gasteiger partial charge >= 0.3 is 0 Å². The van der Waals surface area contributed by atoms with Crippen LogP contribution < -0.4 is 4.90 Å². The third kappa shape index (κ3) is 2.52. The Bertz CT molecular complexity index is 561. The number of allylic oxidation sites excluding steroid dienone is 1. The Balaban J connectivity index is 2.66. The molecule has 1 aliphatic heterocycles. The van der Waals surface area contributed by atoms with Crippen LogP contribution in [-0.2, 0) is 4.79 Å². The highest BCUT2D eigenvalue weighted by Crippen LogP contribution is 2.40. The van der Waals surface area contributed by atoms with E-state index in [9.17, 15) is 4.79 Å². The van der Waals surface area contributed by atoms with Gasteiger partial charge in [0.25, 0.3) is 0 Å². The molecule has 1 heterocycles. The van der Waals surface area contributed by atoms with Gasteiger partial charge in [-0.05, 0) is 45.4 Å². The molecule has 0 fully saturated rings.